The van der Waals surface area contributed by atoms with Gasteiger partial charge in [0.1, 0.15) is 11.4 Å². The highest BCUT2D eigenvalue weighted by atomic mass is 16.5. The molecule has 2 aromatic heterocycles. The number of piperazine rings is 1. The number of nitrogens with zero attached hydrogens (tertiary/aromatic N) is 4. The first kappa shape index (κ1) is 22.7. The first-order valence-corrected chi connectivity index (χ1v) is 11.8. The summed E-state index contributed by atoms with van der Waals surface area (Å²) in [6.45, 7) is 4.07. The van der Waals surface area contributed by atoms with Crippen LogP contribution < -0.4 is 4.74 Å². The van der Waals surface area contributed by atoms with E-state index in [-0.39, 0.29) is 11.8 Å². The third-order valence-electron chi connectivity index (χ3n) is 6.52. The molecule has 0 bridgehead atoms. The first-order valence-electron chi connectivity index (χ1n) is 11.8. The molecular formula is C28H28N4O3. The van der Waals surface area contributed by atoms with Gasteiger partial charge in [-0.15, -0.1) is 0 Å². The quantitative estimate of drug-likeness (QED) is 0.446. The average molecular weight is 469 g/mol. The fraction of sp³-hybridized carbons (Fsp3) is 0.250. The van der Waals surface area contributed by atoms with E-state index >= 15 is 0 Å². The third-order valence-corrected chi connectivity index (χ3v) is 6.52. The number of pyridine rings is 1. The lowest BCUT2D eigenvalue weighted by atomic mass is 10.1. The summed E-state index contributed by atoms with van der Waals surface area (Å²) < 4.78 is 7.17. The maximum Gasteiger partial charge on any atom is 0.255 e. The Kier molecular flexibility index (Phi) is 6.23. The van der Waals surface area contributed by atoms with Gasteiger partial charge in [-0.25, -0.2) is 4.98 Å². The maximum atomic E-state index is 13.3. The van der Waals surface area contributed by atoms with E-state index in [2.05, 4.69) is 4.98 Å². The lowest BCUT2D eigenvalue weighted by molar-refractivity contribution is -0.131. The molecule has 35 heavy (non-hydrogen) atoms. The molecule has 1 aliphatic rings. The van der Waals surface area contributed by atoms with Crippen molar-refractivity contribution < 1.29 is 14.3 Å². The van der Waals surface area contributed by atoms with E-state index in [1.54, 1.807) is 7.11 Å². The van der Waals surface area contributed by atoms with E-state index in [0.717, 1.165) is 33.9 Å². The van der Waals surface area contributed by atoms with Crippen molar-refractivity contribution in [2.75, 3.05) is 33.3 Å². The Balaban J connectivity index is 1.26. The van der Waals surface area contributed by atoms with Gasteiger partial charge in [0.25, 0.3) is 5.91 Å². The van der Waals surface area contributed by atoms with E-state index in [0.29, 0.717) is 38.2 Å². The van der Waals surface area contributed by atoms with E-state index in [9.17, 15) is 9.59 Å². The van der Waals surface area contributed by atoms with Crippen LogP contribution in [-0.2, 0) is 11.2 Å². The Hall–Kier alpha value is -4.13. The van der Waals surface area contributed by atoms with E-state index in [4.69, 9.17) is 4.74 Å². The van der Waals surface area contributed by atoms with E-state index in [1.807, 2.05) is 94.1 Å². The minimum absolute atomic E-state index is 0.0282. The van der Waals surface area contributed by atoms with Crippen molar-refractivity contribution in [3.05, 3.63) is 89.7 Å². The summed E-state index contributed by atoms with van der Waals surface area (Å²) in [4.78, 5) is 34.4. The summed E-state index contributed by atoms with van der Waals surface area (Å²) in [5.41, 5.74) is 5.35. The molecule has 0 saturated carbocycles. The summed E-state index contributed by atoms with van der Waals surface area (Å²) >= 11 is 0. The number of carbonyl (C=O) groups excluding carboxylic acids is 2. The highest BCUT2D eigenvalue weighted by Gasteiger charge is 2.25. The molecule has 0 aliphatic carbocycles. The number of benzene rings is 2. The molecule has 3 heterocycles. The van der Waals surface area contributed by atoms with Crippen LogP contribution in [0.3, 0.4) is 0 Å². The van der Waals surface area contributed by atoms with Crippen molar-refractivity contribution in [1.82, 2.24) is 19.2 Å². The topological polar surface area (TPSA) is 67.2 Å². The van der Waals surface area contributed by atoms with Crippen LogP contribution in [0.1, 0.15) is 21.6 Å². The van der Waals surface area contributed by atoms with Gasteiger partial charge in [-0.2, -0.15) is 0 Å². The summed E-state index contributed by atoms with van der Waals surface area (Å²) in [5, 5.41) is 0. The predicted molar refractivity (Wildman–Crippen MR) is 135 cm³/mol. The second kappa shape index (κ2) is 9.62. The van der Waals surface area contributed by atoms with Gasteiger partial charge < -0.3 is 14.5 Å². The summed E-state index contributed by atoms with van der Waals surface area (Å²) in [7, 11) is 1.62. The molecule has 0 radical (unpaired) electrons. The van der Waals surface area contributed by atoms with Crippen LogP contribution in [0.5, 0.6) is 5.75 Å². The second-order valence-electron chi connectivity index (χ2n) is 8.76. The maximum absolute atomic E-state index is 13.3. The number of rotatable bonds is 5. The molecule has 0 unspecified atom stereocenters. The molecule has 0 spiro atoms. The lowest BCUT2D eigenvalue weighted by Gasteiger charge is -2.35. The van der Waals surface area contributed by atoms with Crippen LogP contribution in [0.25, 0.3) is 16.9 Å². The monoisotopic (exact) mass is 468 g/mol. The van der Waals surface area contributed by atoms with Crippen LogP contribution in [0.2, 0.25) is 0 Å². The molecule has 1 fully saturated rings. The Labute approximate surface area is 204 Å². The zero-order valence-electron chi connectivity index (χ0n) is 20.0. The van der Waals surface area contributed by atoms with Gasteiger partial charge in [-0.1, -0.05) is 42.5 Å². The largest absolute Gasteiger partial charge is 0.497 e. The minimum Gasteiger partial charge on any atom is -0.497 e. The normalized spacial score (nSPS) is 13.8. The summed E-state index contributed by atoms with van der Waals surface area (Å²) in [5.74, 6) is 0.817. The fourth-order valence-electron chi connectivity index (χ4n) is 4.60. The number of amides is 2. The zero-order valence-corrected chi connectivity index (χ0v) is 20.0. The Morgan fingerprint density at radius 2 is 1.57 bits per heavy atom. The molecule has 0 atom stereocenters. The molecule has 1 saturated heterocycles. The number of hydrogen-bond acceptors (Lipinski definition) is 4. The molecular weight excluding hydrogens is 440 g/mol. The standard InChI is InChI=1S/C28H28N4O3/c1-20-27(22-6-4-3-5-7-22)32-19-23(10-13-25(32)29-20)28(34)31-16-14-30(15-17-31)26(33)18-21-8-11-24(35-2)12-9-21/h3-13,19H,14-18H2,1-2H3. The van der Waals surface area contributed by atoms with Crippen molar-refractivity contribution in [1.29, 1.82) is 0 Å². The van der Waals surface area contributed by atoms with Gasteiger partial charge in [-0.3, -0.25) is 14.0 Å². The SMILES string of the molecule is COc1ccc(CC(=O)N2CCN(C(=O)c3ccc4nc(C)c(-c5ccccc5)n4c3)CC2)cc1. The summed E-state index contributed by atoms with van der Waals surface area (Å²) in [6.07, 6.45) is 2.22. The van der Waals surface area contributed by atoms with Crippen molar-refractivity contribution in [2.45, 2.75) is 13.3 Å². The number of aryl methyl sites for hydroxylation is 1. The number of hydrogen-bond donors (Lipinski definition) is 0. The van der Waals surface area contributed by atoms with Crippen molar-refractivity contribution in [2.24, 2.45) is 0 Å². The van der Waals surface area contributed by atoms with Gasteiger partial charge in [-0.05, 0) is 36.8 Å². The number of aromatic nitrogens is 2. The van der Waals surface area contributed by atoms with Crippen LogP contribution in [0.15, 0.2) is 72.9 Å². The van der Waals surface area contributed by atoms with Gasteiger partial charge in [0, 0.05) is 37.9 Å². The van der Waals surface area contributed by atoms with E-state index < -0.39 is 0 Å². The molecule has 2 amide bonds. The number of ether oxygens (including phenoxy) is 1. The molecule has 178 valence electrons. The average Bonchev–Trinajstić information content (AvgIpc) is 3.24. The molecule has 4 aromatic rings. The van der Waals surface area contributed by atoms with Gasteiger partial charge in [0.15, 0.2) is 0 Å². The van der Waals surface area contributed by atoms with Gasteiger partial charge in [0.2, 0.25) is 5.91 Å². The lowest BCUT2D eigenvalue weighted by Crippen LogP contribution is -2.51. The highest BCUT2D eigenvalue weighted by molar-refractivity contribution is 5.94. The number of fused-ring (bicyclic) bond motifs is 1. The van der Waals surface area contributed by atoms with Crippen molar-refractivity contribution >= 4 is 17.5 Å². The Bertz CT molecular complexity index is 1350. The van der Waals surface area contributed by atoms with Crippen molar-refractivity contribution in [3.8, 4) is 17.0 Å². The van der Waals surface area contributed by atoms with E-state index in [1.165, 1.54) is 0 Å². The fourth-order valence-corrected chi connectivity index (χ4v) is 4.60. The zero-order chi connectivity index (χ0) is 24.4. The van der Waals surface area contributed by atoms with Crippen LogP contribution in [0.4, 0.5) is 0 Å². The van der Waals surface area contributed by atoms with Crippen molar-refractivity contribution in [3.63, 3.8) is 0 Å². The number of carbonyl (C=O) groups is 2. The van der Waals surface area contributed by atoms with Crippen LogP contribution in [-0.4, -0.2) is 64.3 Å². The van der Waals surface area contributed by atoms with Crippen LogP contribution in [0, 0.1) is 6.92 Å². The molecule has 2 aromatic carbocycles. The molecule has 0 N–H and O–H groups in total. The van der Waals surface area contributed by atoms with Gasteiger partial charge >= 0.3 is 0 Å². The predicted octanol–water partition coefficient (Wildman–Crippen LogP) is 3.85. The van der Waals surface area contributed by atoms with Crippen LogP contribution >= 0.6 is 0 Å². The first-order chi connectivity index (χ1) is 17.0. The molecule has 7 heteroatoms. The molecule has 7 nitrogen and oxygen atoms in total. The molecule has 5 rings (SSSR count). The Morgan fingerprint density at radius 3 is 2.26 bits per heavy atom. The smallest absolute Gasteiger partial charge is 0.255 e. The minimum atomic E-state index is -0.0282. The van der Waals surface area contributed by atoms with Gasteiger partial charge in [0.05, 0.1) is 30.5 Å². The summed E-state index contributed by atoms with van der Waals surface area (Å²) in [6, 6.07) is 21.3. The number of methoxy groups -OCH3 is 1. The Morgan fingerprint density at radius 1 is 0.886 bits per heavy atom. The third kappa shape index (κ3) is 4.62. The highest BCUT2D eigenvalue weighted by Crippen LogP contribution is 2.25. The molecule has 1 aliphatic heterocycles. The second-order valence-corrected chi connectivity index (χ2v) is 8.76. The number of imidazole rings is 1.